The predicted octanol–water partition coefficient (Wildman–Crippen LogP) is 4.29. The molecule has 3 aromatic carbocycles. The van der Waals surface area contributed by atoms with E-state index < -0.39 is 11.8 Å². The van der Waals surface area contributed by atoms with Crippen LogP contribution in [0.5, 0.6) is 0 Å². The van der Waals surface area contributed by atoms with Crippen molar-refractivity contribution >= 4 is 35.6 Å². The topological polar surface area (TPSA) is 75.8 Å². The molecule has 0 aliphatic rings. The Labute approximate surface area is 175 Å². The normalized spacial score (nSPS) is 11.7. The molecule has 0 atom stereocenters. The molecule has 148 valence electrons. The number of nitrogens with two attached hydrogens (primary N) is 1. The molecule has 3 rings (SSSR count). The zero-order valence-electron chi connectivity index (χ0n) is 16.3. The number of guanidine groups is 1. The molecule has 0 aliphatic carbocycles. The molecule has 0 saturated heterocycles. The van der Waals surface area contributed by atoms with E-state index in [1.807, 2.05) is 66.7 Å². The number of anilines is 1. The summed E-state index contributed by atoms with van der Waals surface area (Å²) in [5, 5.41) is 0. The van der Waals surface area contributed by atoms with E-state index in [9.17, 15) is 9.59 Å². The smallest absolute Gasteiger partial charge is 0.272 e. The first-order valence-electron chi connectivity index (χ1n) is 9.37. The fourth-order valence-corrected chi connectivity index (χ4v) is 2.69. The van der Waals surface area contributed by atoms with Crippen LogP contribution < -0.4 is 10.6 Å². The lowest BCUT2D eigenvalue weighted by atomic mass is 10.2. The molecule has 2 amide bonds. The van der Waals surface area contributed by atoms with E-state index in [0.29, 0.717) is 5.69 Å². The van der Waals surface area contributed by atoms with Crippen molar-refractivity contribution in [3.63, 3.8) is 0 Å². The summed E-state index contributed by atoms with van der Waals surface area (Å²) in [6.07, 6.45) is 6.04. The molecule has 5 heteroatoms. The van der Waals surface area contributed by atoms with Crippen LogP contribution in [0.3, 0.4) is 0 Å². The van der Waals surface area contributed by atoms with Gasteiger partial charge in [0.2, 0.25) is 5.96 Å². The molecule has 0 heterocycles. The molecule has 0 aromatic heterocycles. The Morgan fingerprint density at radius 3 is 1.70 bits per heavy atom. The fourth-order valence-electron chi connectivity index (χ4n) is 2.69. The number of nitrogens with zero attached hydrogens (tertiary/aromatic N) is 2. The van der Waals surface area contributed by atoms with E-state index in [0.717, 1.165) is 11.1 Å². The Morgan fingerprint density at radius 2 is 1.17 bits per heavy atom. The van der Waals surface area contributed by atoms with Gasteiger partial charge in [-0.3, -0.25) is 9.59 Å². The highest BCUT2D eigenvalue weighted by molar-refractivity contribution is 6.22. The van der Waals surface area contributed by atoms with Crippen LogP contribution in [-0.2, 0) is 9.59 Å². The Balaban J connectivity index is 1.83. The van der Waals surface area contributed by atoms with Crippen molar-refractivity contribution in [1.29, 1.82) is 0 Å². The van der Waals surface area contributed by atoms with Crippen LogP contribution in [0.2, 0.25) is 0 Å². The van der Waals surface area contributed by atoms with E-state index in [-0.39, 0.29) is 5.96 Å². The first kappa shape index (κ1) is 20.5. The van der Waals surface area contributed by atoms with E-state index in [2.05, 4.69) is 4.99 Å². The largest absolute Gasteiger partial charge is 0.369 e. The lowest BCUT2D eigenvalue weighted by molar-refractivity contribution is -0.113. The third-order valence-corrected chi connectivity index (χ3v) is 4.12. The SMILES string of the molecule is NC(=NC(=O)C=Cc1ccccc1)N(C(=O)C=Cc1ccccc1)c1ccccc1. The van der Waals surface area contributed by atoms with Gasteiger partial charge in [-0.1, -0.05) is 78.9 Å². The Morgan fingerprint density at radius 1 is 0.700 bits per heavy atom. The molecule has 5 nitrogen and oxygen atoms in total. The standard InChI is InChI=1S/C25H21N3O2/c26-25(27-23(29)18-16-20-10-4-1-5-11-20)28(22-14-8-3-9-15-22)24(30)19-17-21-12-6-2-7-13-21/h1-19H,(H2,26,27,29). The molecule has 0 unspecified atom stereocenters. The van der Waals surface area contributed by atoms with Crippen molar-refractivity contribution in [3.05, 3.63) is 114 Å². The van der Waals surface area contributed by atoms with E-state index in [1.165, 1.54) is 17.1 Å². The molecular weight excluding hydrogens is 374 g/mol. The lowest BCUT2D eigenvalue weighted by Gasteiger charge is -2.19. The number of aliphatic imine (C=N–C) groups is 1. The number of hydrogen-bond donors (Lipinski definition) is 1. The van der Waals surface area contributed by atoms with Crippen LogP contribution in [0.25, 0.3) is 12.2 Å². The summed E-state index contributed by atoms with van der Waals surface area (Å²) in [6.45, 7) is 0. The van der Waals surface area contributed by atoms with Crippen LogP contribution in [0, 0.1) is 0 Å². The Bertz CT molecular complexity index is 1070. The predicted molar refractivity (Wildman–Crippen MR) is 122 cm³/mol. The molecule has 0 aliphatic heterocycles. The van der Waals surface area contributed by atoms with Crippen molar-refractivity contribution in [2.24, 2.45) is 10.7 Å². The van der Waals surface area contributed by atoms with E-state index in [1.54, 1.807) is 36.4 Å². The van der Waals surface area contributed by atoms with Crippen LogP contribution in [0.4, 0.5) is 5.69 Å². The quantitative estimate of drug-likeness (QED) is 0.398. The zero-order chi connectivity index (χ0) is 21.2. The second-order valence-electron chi connectivity index (χ2n) is 6.31. The van der Waals surface area contributed by atoms with Crippen LogP contribution in [-0.4, -0.2) is 17.8 Å². The minimum Gasteiger partial charge on any atom is -0.369 e. The second kappa shape index (κ2) is 10.3. The van der Waals surface area contributed by atoms with Gasteiger partial charge in [0.05, 0.1) is 5.69 Å². The maximum atomic E-state index is 12.9. The van der Waals surface area contributed by atoms with Crippen LogP contribution >= 0.6 is 0 Å². The summed E-state index contributed by atoms with van der Waals surface area (Å²) in [5.74, 6) is -1.17. The molecule has 0 spiro atoms. The van der Waals surface area contributed by atoms with Gasteiger partial charge in [0, 0.05) is 12.2 Å². The van der Waals surface area contributed by atoms with Gasteiger partial charge in [0.25, 0.3) is 11.8 Å². The average Bonchev–Trinajstić information content (AvgIpc) is 2.78. The summed E-state index contributed by atoms with van der Waals surface area (Å²) in [7, 11) is 0. The molecule has 0 fully saturated rings. The van der Waals surface area contributed by atoms with Gasteiger partial charge in [-0.05, 0) is 35.4 Å². The Kier molecular flexibility index (Phi) is 7.06. The zero-order valence-corrected chi connectivity index (χ0v) is 16.3. The highest BCUT2D eigenvalue weighted by atomic mass is 16.2. The fraction of sp³-hybridized carbons (Fsp3) is 0. The summed E-state index contributed by atoms with van der Waals surface area (Å²) >= 11 is 0. The maximum Gasteiger partial charge on any atom is 0.272 e. The van der Waals surface area contributed by atoms with Gasteiger partial charge in [0.1, 0.15) is 0 Å². The van der Waals surface area contributed by atoms with Crippen LogP contribution in [0.1, 0.15) is 11.1 Å². The maximum absolute atomic E-state index is 12.9. The first-order chi connectivity index (χ1) is 14.6. The minimum atomic E-state index is -0.558. The average molecular weight is 395 g/mol. The van der Waals surface area contributed by atoms with Gasteiger partial charge < -0.3 is 5.73 Å². The van der Waals surface area contributed by atoms with E-state index in [4.69, 9.17) is 5.73 Å². The van der Waals surface area contributed by atoms with Crippen LogP contribution in [0.15, 0.2) is 108 Å². The highest BCUT2D eigenvalue weighted by Gasteiger charge is 2.18. The summed E-state index contributed by atoms with van der Waals surface area (Å²) < 4.78 is 0. The third-order valence-electron chi connectivity index (χ3n) is 4.12. The van der Waals surface area contributed by atoms with Gasteiger partial charge >= 0.3 is 0 Å². The first-order valence-corrected chi connectivity index (χ1v) is 9.37. The summed E-state index contributed by atoms with van der Waals surface area (Å²) in [4.78, 5) is 30.2. The van der Waals surface area contributed by atoms with Crippen molar-refractivity contribution in [1.82, 2.24) is 0 Å². The van der Waals surface area contributed by atoms with Gasteiger partial charge in [-0.15, -0.1) is 0 Å². The lowest BCUT2D eigenvalue weighted by Crippen LogP contribution is -2.41. The van der Waals surface area contributed by atoms with E-state index >= 15 is 0 Å². The number of carbonyl (C=O) groups excluding carboxylic acids is 2. The molecule has 0 saturated carbocycles. The summed E-state index contributed by atoms with van der Waals surface area (Å²) in [5.41, 5.74) is 8.31. The monoisotopic (exact) mass is 395 g/mol. The highest BCUT2D eigenvalue weighted by Crippen LogP contribution is 2.14. The number of para-hydroxylation sites is 1. The van der Waals surface area contributed by atoms with Gasteiger partial charge in [0.15, 0.2) is 0 Å². The molecule has 0 bridgehead atoms. The Hall–Kier alpha value is -4.25. The third kappa shape index (κ3) is 5.87. The van der Waals surface area contributed by atoms with Crippen molar-refractivity contribution in [3.8, 4) is 0 Å². The molecular formula is C25H21N3O2. The molecule has 30 heavy (non-hydrogen) atoms. The number of carbonyl (C=O) groups is 2. The number of amides is 2. The van der Waals surface area contributed by atoms with Crippen molar-refractivity contribution in [2.75, 3.05) is 4.90 Å². The van der Waals surface area contributed by atoms with Crippen molar-refractivity contribution in [2.45, 2.75) is 0 Å². The van der Waals surface area contributed by atoms with Crippen molar-refractivity contribution < 1.29 is 9.59 Å². The summed E-state index contributed by atoms with van der Waals surface area (Å²) in [6, 6.07) is 27.6. The molecule has 2 N–H and O–H groups in total. The second-order valence-corrected chi connectivity index (χ2v) is 6.31. The molecule has 0 radical (unpaired) electrons. The van der Waals surface area contributed by atoms with Gasteiger partial charge in [-0.2, -0.15) is 4.99 Å². The number of benzene rings is 3. The molecule has 3 aromatic rings. The van der Waals surface area contributed by atoms with Gasteiger partial charge in [-0.25, -0.2) is 4.90 Å². The number of hydrogen-bond acceptors (Lipinski definition) is 2. The number of rotatable bonds is 5. The minimum absolute atomic E-state index is 0.202.